The number of thiazole rings is 1. The van der Waals surface area contributed by atoms with Crippen molar-refractivity contribution in [3.8, 4) is 11.3 Å². The third-order valence-corrected chi connectivity index (χ3v) is 5.43. The van der Waals surface area contributed by atoms with Crippen LogP contribution in [0.2, 0.25) is 0 Å². The number of aromatic nitrogens is 3. The van der Waals surface area contributed by atoms with E-state index in [9.17, 15) is 9.18 Å². The van der Waals surface area contributed by atoms with Crippen molar-refractivity contribution in [3.05, 3.63) is 88.9 Å². The summed E-state index contributed by atoms with van der Waals surface area (Å²) in [5.41, 5.74) is 2.91. The van der Waals surface area contributed by atoms with Crippen molar-refractivity contribution in [2.75, 3.05) is 11.9 Å². The van der Waals surface area contributed by atoms with Crippen LogP contribution < -0.4 is 10.6 Å². The molecule has 0 bridgehead atoms. The van der Waals surface area contributed by atoms with Gasteiger partial charge in [-0.3, -0.25) is 9.78 Å². The monoisotopic (exact) mass is 433 g/mol. The molecule has 8 heteroatoms. The zero-order valence-corrected chi connectivity index (χ0v) is 17.4. The first-order valence-corrected chi connectivity index (χ1v) is 10.7. The molecule has 0 aliphatic heterocycles. The van der Waals surface area contributed by atoms with Gasteiger partial charge in [0.05, 0.1) is 16.3 Å². The summed E-state index contributed by atoms with van der Waals surface area (Å²) >= 11 is 1.61. The maximum Gasteiger partial charge on any atom is 0.255 e. The molecule has 4 aromatic rings. The van der Waals surface area contributed by atoms with Crippen molar-refractivity contribution in [2.24, 2.45) is 0 Å². The number of aryl methyl sites for hydroxylation is 1. The predicted molar refractivity (Wildman–Crippen MR) is 120 cm³/mol. The first kappa shape index (κ1) is 20.6. The SMILES string of the molecule is O=C(NCCCc1nc(-c2ccncc2)cs1)c1cccnc1Nc1cccc(F)c1. The quantitative estimate of drug-likeness (QED) is 0.389. The van der Waals surface area contributed by atoms with Crippen LogP contribution in [0.3, 0.4) is 0 Å². The highest BCUT2D eigenvalue weighted by molar-refractivity contribution is 7.09. The summed E-state index contributed by atoms with van der Waals surface area (Å²) in [5, 5.41) is 8.98. The number of nitrogens with one attached hydrogen (secondary N) is 2. The van der Waals surface area contributed by atoms with Gasteiger partial charge in [-0.05, 0) is 48.9 Å². The molecule has 0 unspecified atom stereocenters. The molecule has 2 N–H and O–H groups in total. The first-order valence-electron chi connectivity index (χ1n) is 9.79. The molecule has 4 rings (SSSR count). The molecule has 0 saturated heterocycles. The second-order valence-electron chi connectivity index (χ2n) is 6.76. The first-order chi connectivity index (χ1) is 15.2. The minimum Gasteiger partial charge on any atom is -0.352 e. The summed E-state index contributed by atoms with van der Waals surface area (Å²) in [4.78, 5) is 25.5. The van der Waals surface area contributed by atoms with Crippen LogP contribution in [0.4, 0.5) is 15.9 Å². The number of nitrogens with zero attached hydrogens (tertiary/aromatic N) is 3. The molecule has 1 amide bonds. The predicted octanol–water partition coefficient (Wildman–Crippen LogP) is 4.85. The highest BCUT2D eigenvalue weighted by atomic mass is 32.1. The van der Waals surface area contributed by atoms with E-state index in [1.54, 1.807) is 54.2 Å². The smallest absolute Gasteiger partial charge is 0.255 e. The number of hydrogen-bond acceptors (Lipinski definition) is 6. The minimum atomic E-state index is -0.360. The zero-order valence-electron chi connectivity index (χ0n) is 16.6. The van der Waals surface area contributed by atoms with Crippen LogP contribution in [0.15, 0.2) is 72.5 Å². The van der Waals surface area contributed by atoms with Gasteiger partial charge in [-0.15, -0.1) is 11.3 Å². The average molecular weight is 434 g/mol. The second-order valence-corrected chi connectivity index (χ2v) is 7.70. The average Bonchev–Trinajstić information content (AvgIpc) is 3.27. The Balaban J connectivity index is 1.31. The molecule has 31 heavy (non-hydrogen) atoms. The standard InChI is InChI=1S/C23H20FN5OS/c24-17-4-1-5-18(14-17)28-22-19(6-2-10-26-22)23(30)27-11-3-7-21-29-20(15-31-21)16-8-12-25-13-9-16/h1-2,4-6,8-10,12-15H,3,7,11H2,(H,26,28)(H,27,30). The van der Waals surface area contributed by atoms with Gasteiger partial charge in [-0.25, -0.2) is 14.4 Å². The lowest BCUT2D eigenvalue weighted by molar-refractivity contribution is 0.0954. The summed E-state index contributed by atoms with van der Waals surface area (Å²) in [6.45, 7) is 0.511. The van der Waals surface area contributed by atoms with Crippen LogP contribution in [-0.2, 0) is 6.42 Å². The third-order valence-electron chi connectivity index (χ3n) is 4.52. The molecule has 156 valence electrons. The Morgan fingerprint density at radius 3 is 2.77 bits per heavy atom. The highest BCUT2D eigenvalue weighted by Gasteiger charge is 2.12. The van der Waals surface area contributed by atoms with Crippen LogP contribution in [0, 0.1) is 5.82 Å². The Hall–Kier alpha value is -3.65. The number of benzene rings is 1. The van der Waals surface area contributed by atoms with E-state index < -0.39 is 0 Å². The van der Waals surface area contributed by atoms with Gasteiger partial charge in [0.15, 0.2) is 0 Å². The van der Waals surface area contributed by atoms with Crippen LogP contribution >= 0.6 is 11.3 Å². The van der Waals surface area contributed by atoms with Gasteiger partial charge in [0, 0.05) is 48.2 Å². The van der Waals surface area contributed by atoms with Crippen molar-refractivity contribution in [1.29, 1.82) is 0 Å². The molecule has 0 atom stereocenters. The second kappa shape index (κ2) is 9.90. The molecule has 0 fully saturated rings. The molecule has 0 aliphatic carbocycles. The topological polar surface area (TPSA) is 79.8 Å². The molecule has 1 aromatic carbocycles. The van der Waals surface area contributed by atoms with Gasteiger partial charge in [0.1, 0.15) is 11.6 Å². The number of pyridine rings is 2. The third kappa shape index (κ3) is 5.49. The van der Waals surface area contributed by atoms with Gasteiger partial charge in [0.25, 0.3) is 5.91 Å². The van der Waals surface area contributed by atoms with E-state index in [4.69, 9.17) is 0 Å². The van der Waals surface area contributed by atoms with E-state index in [2.05, 4.69) is 25.6 Å². The minimum absolute atomic E-state index is 0.233. The lowest BCUT2D eigenvalue weighted by atomic mass is 10.2. The normalized spacial score (nSPS) is 10.6. The maximum atomic E-state index is 13.4. The zero-order chi connectivity index (χ0) is 21.5. The van der Waals surface area contributed by atoms with E-state index in [1.807, 2.05) is 17.5 Å². The van der Waals surface area contributed by atoms with Crippen molar-refractivity contribution >= 4 is 28.7 Å². The highest BCUT2D eigenvalue weighted by Crippen LogP contribution is 2.22. The molecule has 0 spiro atoms. The van der Waals surface area contributed by atoms with E-state index in [0.717, 1.165) is 29.1 Å². The fourth-order valence-corrected chi connectivity index (χ4v) is 3.86. The number of anilines is 2. The van der Waals surface area contributed by atoms with Crippen LogP contribution in [0.25, 0.3) is 11.3 Å². The number of hydrogen-bond donors (Lipinski definition) is 2. The molecule has 6 nitrogen and oxygen atoms in total. The van der Waals surface area contributed by atoms with Crippen molar-refractivity contribution in [2.45, 2.75) is 12.8 Å². The molecule has 0 saturated carbocycles. The molecule has 0 radical (unpaired) electrons. The maximum absolute atomic E-state index is 13.4. The van der Waals surface area contributed by atoms with Crippen LogP contribution in [0.5, 0.6) is 0 Å². The van der Waals surface area contributed by atoms with Gasteiger partial charge in [0.2, 0.25) is 0 Å². The number of amides is 1. The lowest BCUT2D eigenvalue weighted by Gasteiger charge is -2.11. The van der Waals surface area contributed by atoms with E-state index >= 15 is 0 Å². The lowest BCUT2D eigenvalue weighted by Crippen LogP contribution is -2.25. The van der Waals surface area contributed by atoms with Crippen LogP contribution in [-0.4, -0.2) is 27.4 Å². The van der Waals surface area contributed by atoms with Crippen molar-refractivity contribution in [3.63, 3.8) is 0 Å². The fourth-order valence-electron chi connectivity index (χ4n) is 3.01. The summed E-state index contributed by atoms with van der Waals surface area (Å²) < 4.78 is 13.4. The molecule has 0 aliphatic rings. The van der Waals surface area contributed by atoms with Gasteiger partial charge < -0.3 is 10.6 Å². The van der Waals surface area contributed by atoms with Crippen molar-refractivity contribution in [1.82, 2.24) is 20.3 Å². The molecular formula is C23H20FN5OS. The molecular weight excluding hydrogens is 413 g/mol. The number of carbonyl (C=O) groups is 1. The number of halogens is 1. The summed E-state index contributed by atoms with van der Waals surface area (Å²) in [7, 11) is 0. The Morgan fingerprint density at radius 1 is 1.06 bits per heavy atom. The Morgan fingerprint density at radius 2 is 1.94 bits per heavy atom. The van der Waals surface area contributed by atoms with Gasteiger partial charge >= 0.3 is 0 Å². The van der Waals surface area contributed by atoms with Gasteiger partial charge in [-0.1, -0.05) is 6.07 Å². The summed E-state index contributed by atoms with van der Waals surface area (Å²) in [6.07, 6.45) is 6.63. The van der Waals surface area contributed by atoms with E-state index in [0.29, 0.717) is 23.6 Å². The van der Waals surface area contributed by atoms with Crippen LogP contribution in [0.1, 0.15) is 21.8 Å². The Bertz CT molecular complexity index is 1170. The number of carbonyl (C=O) groups excluding carboxylic acids is 1. The largest absolute Gasteiger partial charge is 0.352 e. The molecule has 3 heterocycles. The van der Waals surface area contributed by atoms with Crippen molar-refractivity contribution < 1.29 is 9.18 Å². The van der Waals surface area contributed by atoms with E-state index in [-0.39, 0.29) is 11.7 Å². The summed E-state index contributed by atoms with van der Waals surface area (Å²) in [6, 6.07) is 13.3. The molecule has 3 aromatic heterocycles. The van der Waals surface area contributed by atoms with E-state index in [1.165, 1.54) is 12.1 Å². The number of rotatable bonds is 8. The Kier molecular flexibility index (Phi) is 6.59. The Labute approximate surface area is 183 Å². The fraction of sp³-hybridized carbons (Fsp3) is 0.130. The summed E-state index contributed by atoms with van der Waals surface area (Å²) in [5.74, 6) is -0.211. The van der Waals surface area contributed by atoms with Gasteiger partial charge in [-0.2, -0.15) is 0 Å².